The van der Waals surface area contributed by atoms with Crippen molar-refractivity contribution in [3.8, 4) is 0 Å². The number of esters is 2. The number of carbonyl (C=O) groups is 4. The van der Waals surface area contributed by atoms with Crippen molar-refractivity contribution < 1.29 is 38.9 Å². The first-order valence-electron chi connectivity index (χ1n) is 12.1. The third-order valence-electron chi connectivity index (χ3n) is 5.99. The van der Waals surface area contributed by atoms with Crippen LogP contribution in [0.3, 0.4) is 0 Å². The highest BCUT2D eigenvalue weighted by atomic mass is 32.2. The fourth-order valence-electron chi connectivity index (χ4n) is 3.92. The van der Waals surface area contributed by atoms with Gasteiger partial charge >= 0.3 is 23.9 Å². The molecule has 0 unspecified atom stereocenters. The molecule has 4 aromatic rings. The minimum absolute atomic E-state index is 0.252. The zero-order valence-electron chi connectivity index (χ0n) is 21.9. The SMILES string of the molecule is COC(=O)c1ccc2c(c1)Sc1ccc(C(=O)OC)cc1S2.O=C(O)c1ccc2c(c1)Sc1ccc(C(=O)O)cc1S2. The van der Waals surface area contributed by atoms with Gasteiger partial charge < -0.3 is 19.7 Å². The van der Waals surface area contributed by atoms with Crippen LogP contribution in [0.15, 0.2) is 112 Å². The summed E-state index contributed by atoms with van der Waals surface area (Å²) in [5.74, 6) is -2.60. The number of carboxylic acid groups (broad SMARTS) is 2. The number of hydrogen-bond donors (Lipinski definition) is 2. The van der Waals surface area contributed by atoms with Gasteiger partial charge in [0.05, 0.1) is 36.5 Å². The van der Waals surface area contributed by atoms with E-state index in [2.05, 4.69) is 0 Å². The van der Waals surface area contributed by atoms with Crippen LogP contribution in [0, 0.1) is 0 Å². The Kier molecular flexibility index (Phi) is 8.88. The molecule has 0 radical (unpaired) electrons. The van der Waals surface area contributed by atoms with Gasteiger partial charge in [0, 0.05) is 39.2 Å². The number of hydrogen-bond acceptors (Lipinski definition) is 10. The summed E-state index contributed by atoms with van der Waals surface area (Å²) >= 11 is 6.06. The molecule has 0 bridgehead atoms. The second-order valence-electron chi connectivity index (χ2n) is 8.65. The average molecular weight is 637 g/mol. The summed E-state index contributed by atoms with van der Waals surface area (Å²) in [7, 11) is 2.74. The molecule has 0 aliphatic carbocycles. The van der Waals surface area contributed by atoms with Gasteiger partial charge in [-0.05, 0) is 72.8 Å². The van der Waals surface area contributed by atoms with Gasteiger partial charge in [-0.1, -0.05) is 47.0 Å². The topological polar surface area (TPSA) is 127 Å². The first kappa shape index (κ1) is 29.6. The van der Waals surface area contributed by atoms with Crippen molar-refractivity contribution in [2.75, 3.05) is 14.2 Å². The normalized spacial score (nSPS) is 12.2. The lowest BCUT2D eigenvalue weighted by atomic mass is 10.2. The minimum atomic E-state index is -0.953. The maximum Gasteiger partial charge on any atom is 0.337 e. The van der Waals surface area contributed by atoms with Gasteiger partial charge in [-0.15, -0.1) is 0 Å². The lowest BCUT2D eigenvalue weighted by molar-refractivity contribution is 0.0591. The van der Waals surface area contributed by atoms with E-state index in [1.165, 1.54) is 37.7 Å². The summed E-state index contributed by atoms with van der Waals surface area (Å²) in [6, 6.07) is 20.8. The number of rotatable bonds is 4. The van der Waals surface area contributed by atoms with E-state index >= 15 is 0 Å². The lowest BCUT2D eigenvalue weighted by Gasteiger charge is -2.19. The minimum Gasteiger partial charge on any atom is -0.478 e. The van der Waals surface area contributed by atoms with Crippen molar-refractivity contribution in [2.45, 2.75) is 39.2 Å². The molecule has 42 heavy (non-hydrogen) atoms. The van der Waals surface area contributed by atoms with Crippen LogP contribution >= 0.6 is 47.0 Å². The zero-order chi connectivity index (χ0) is 30.0. The van der Waals surface area contributed by atoms with Gasteiger partial charge in [0.1, 0.15) is 0 Å². The van der Waals surface area contributed by atoms with Crippen LogP contribution < -0.4 is 0 Å². The van der Waals surface area contributed by atoms with Crippen LogP contribution in [-0.4, -0.2) is 48.3 Å². The van der Waals surface area contributed by atoms with Crippen LogP contribution in [0.4, 0.5) is 0 Å². The summed E-state index contributed by atoms with van der Waals surface area (Å²) in [6.07, 6.45) is 0. The number of benzene rings is 4. The van der Waals surface area contributed by atoms with E-state index in [0.29, 0.717) is 11.1 Å². The molecule has 2 heterocycles. The number of aromatic carboxylic acids is 2. The fourth-order valence-corrected chi connectivity index (χ4v) is 8.47. The van der Waals surface area contributed by atoms with Crippen molar-refractivity contribution >= 4 is 70.9 Å². The summed E-state index contributed by atoms with van der Waals surface area (Å²) < 4.78 is 9.49. The molecule has 6 rings (SSSR count). The predicted molar refractivity (Wildman–Crippen MR) is 159 cm³/mol. The molecule has 2 aliphatic heterocycles. The molecule has 4 aromatic carbocycles. The number of ether oxygens (including phenoxy) is 2. The van der Waals surface area contributed by atoms with Gasteiger partial charge in [-0.3, -0.25) is 0 Å². The Bertz CT molecular complexity index is 1640. The Labute approximate surface area is 257 Å². The second kappa shape index (κ2) is 12.6. The lowest BCUT2D eigenvalue weighted by Crippen LogP contribution is -2.03. The molecule has 2 N–H and O–H groups in total. The Morgan fingerprint density at radius 2 is 0.714 bits per heavy atom. The molecule has 8 nitrogen and oxygen atoms in total. The Morgan fingerprint density at radius 3 is 0.976 bits per heavy atom. The third-order valence-corrected chi connectivity index (χ3v) is 11.0. The third kappa shape index (κ3) is 6.31. The largest absolute Gasteiger partial charge is 0.478 e. The predicted octanol–water partition coefficient (Wildman–Crippen LogP) is 7.57. The standard InChI is InChI=1S/C16H12O4S2.C14H8O4S2/c1-19-15(17)9-3-5-11-13(7-9)21-12-6-4-10(16(18)20-2)8-14(12)22-11;15-13(16)7-1-3-9-11(5-7)20-10-4-2-8(14(17)18)6-12(10)19-9/h3-8H,1-2H3;1-6H,(H,15,16)(H,17,18). The Hall–Kier alpha value is -3.84. The van der Waals surface area contributed by atoms with E-state index in [1.807, 2.05) is 24.3 Å². The number of methoxy groups -OCH3 is 2. The van der Waals surface area contributed by atoms with Crippen molar-refractivity contribution in [1.29, 1.82) is 0 Å². The van der Waals surface area contributed by atoms with Crippen LogP contribution in [0.25, 0.3) is 0 Å². The number of fused-ring (bicyclic) bond motifs is 4. The van der Waals surface area contributed by atoms with Crippen LogP contribution in [-0.2, 0) is 9.47 Å². The smallest absolute Gasteiger partial charge is 0.337 e. The van der Waals surface area contributed by atoms with Crippen molar-refractivity contribution in [3.63, 3.8) is 0 Å². The molecular weight excluding hydrogens is 617 g/mol. The van der Waals surface area contributed by atoms with E-state index in [1.54, 1.807) is 72.1 Å². The number of carbonyl (C=O) groups excluding carboxylic acids is 2. The van der Waals surface area contributed by atoms with E-state index in [0.717, 1.165) is 39.2 Å². The van der Waals surface area contributed by atoms with Crippen molar-refractivity contribution in [1.82, 2.24) is 0 Å². The summed E-state index contributed by atoms with van der Waals surface area (Å²) in [5, 5.41) is 18.0. The maximum atomic E-state index is 11.6. The molecule has 0 aromatic heterocycles. The highest BCUT2D eigenvalue weighted by Crippen LogP contribution is 2.50. The summed E-state index contributed by atoms with van der Waals surface area (Å²) in [6.45, 7) is 0. The van der Waals surface area contributed by atoms with Crippen LogP contribution in [0.1, 0.15) is 41.4 Å². The Morgan fingerprint density at radius 1 is 0.452 bits per heavy atom. The molecule has 2 aliphatic rings. The molecule has 0 atom stereocenters. The average Bonchev–Trinajstić information content (AvgIpc) is 3.01. The first-order chi connectivity index (χ1) is 20.2. The van der Waals surface area contributed by atoms with Crippen LogP contribution in [0.5, 0.6) is 0 Å². The van der Waals surface area contributed by atoms with Gasteiger partial charge in [0.2, 0.25) is 0 Å². The molecule has 12 heteroatoms. The quantitative estimate of drug-likeness (QED) is 0.185. The van der Waals surface area contributed by atoms with Gasteiger partial charge in [0.25, 0.3) is 0 Å². The van der Waals surface area contributed by atoms with E-state index in [4.69, 9.17) is 19.7 Å². The van der Waals surface area contributed by atoms with Crippen molar-refractivity contribution in [3.05, 3.63) is 95.1 Å². The summed E-state index contributed by atoms with van der Waals surface area (Å²) in [4.78, 5) is 52.9. The molecule has 212 valence electrons. The maximum absolute atomic E-state index is 11.6. The van der Waals surface area contributed by atoms with E-state index in [9.17, 15) is 19.2 Å². The number of carboxylic acids is 2. The first-order valence-corrected chi connectivity index (χ1v) is 15.3. The summed E-state index contributed by atoms with van der Waals surface area (Å²) in [5.41, 5.74) is 1.57. The van der Waals surface area contributed by atoms with E-state index in [-0.39, 0.29) is 23.1 Å². The molecule has 0 spiro atoms. The van der Waals surface area contributed by atoms with Gasteiger partial charge in [0.15, 0.2) is 0 Å². The molecule has 0 amide bonds. The second-order valence-corrected chi connectivity index (χ2v) is 13.0. The molecular formula is C30H20O8S4. The molecule has 0 fully saturated rings. The Balaban J connectivity index is 0.000000169. The zero-order valence-corrected chi connectivity index (χ0v) is 25.2. The van der Waals surface area contributed by atoms with Crippen LogP contribution in [0.2, 0.25) is 0 Å². The van der Waals surface area contributed by atoms with Gasteiger partial charge in [-0.25, -0.2) is 19.2 Å². The fraction of sp³-hybridized carbons (Fsp3) is 0.0667. The van der Waals surface area contributed by atoms with E-state index < -0.39 is 11.9 Å². The molecule has 0 saturated heterocycles. The molecule has 0 saturated carbocycles. The highest BCUT2D eigenvalue weighted by Gasteiger charge is 2.22. The highest BCUT2D eigenvalue weighted by molar-refractivity contribution is 8.05. The van der Waals surface area contributed by atoms with Crippen molar-refractivity contribution in [2.24, 2.45) is 0 Å². The van der Waals surface area contributed by atoms with Gasteiger partial charge in [-0.2, -0.15) is 0 Å². The monoisotopic (exact) mass is 636 g/mol.